The molecule has 0 saturated heterocycles. The normalized spacial score (nSPS) is 11.5. The zero-order chi connectivity index (χ0) is 27.4. The van der Waals surface area contributed by atoms with Crippen molar-refractivity contribution >= 4 is 20.2 Å². The Morgan fingerprint density at radius 1 is 0.714 bits per heavy atom. The van der Waals surface area contributed by atoms with Gasteiger partial charge in [0.05, 0.1) is 0 Å². The standard InChI is InChI=1S/2C9H13.2CHF3O3S.Zr/c2*1-3-4-9-6-5-8(2)7-9;2*2-1(3,4)8(5,6)7;/h2*5-7H,3-4H2,1-2H3;2*(H,5,6,7);/q2*-1;;;+4/p-2. The second kappa shape index (κ2) is 16.7. The Balaban J connectivity index is -0.000000387. The van der Waals surface area contributed by atoms with Crippen molar-refractivity contribution in [3.63, 3.8) is 0 Å². The van der Waals surface area contributed by atoms with Crippen LogP contribution in [0.1, 0.15) is 48.9 Å². The van der Waals surface area contributed by atoms with E-state index in [4.69, 9.17) is 25.9 Å². The first kappa shape index (κ1) is 38.5. The molecule has 0 radical (unpaired) electrons. The molecule has 0 amide bonds. The first-order valence-electron chi connectivity index (χ1n) is 9.64. The summed E-state index contributed by atoms with van der Waals surface area (Å²) in [7, 11) is -12.2. The van der Waals surface area contributed by atoms with Gasteiger partial charge in [0.1, 0.15) is 0 Å². The summed E-state index contributed by atoms with van der Waals surface area (Å²) in [6.07, 6.45) is 4.97. The zero-order valence-electron chi connectivity index (χ0n) is 19.3. The van der Waals surface area contributed by atoms with Crippen LogP contribution in [0.15, 0.2) is 36.4 Å². The number of hydrogen-bond acceptors (Lipinski definition) is 6. The Labute approximate surface area is 221 Å². The van der Waals surface area contributed by atoms with Crippen molar-refractivity contribution in [3.8, 4) is 0 Å². The monoisotopic (exact) mass is 630 g/mol. The zero-order valence-corrected chi connectivity index (χ0v) is 23.4. The molecule has 15 heteroatoms. The van der Waals surface area contributed by atoms with Crippen LogP contribution in [0.2, 0.25) is 0 Å². The molecule has 0 unspecified atom stereocenters. The van der Waals surface area contributed by atoms with E-state index in [1.54, 1.807) is 0 Å². The maximum absolute atomic E-state index is 10.7. The van der Waals surface area contributed by atoms with E-state index in [1.165, 1.54) is 47.9 Å². The van der Waals surface area contributed by atoms with Crippen molar-refractivity contribution in [2.45, 2.75) is 64.4 Å². The van der Waals surface area contributed by atoms with Gasteiger partial charge in [0.25, 0.3) is 0 Å². The largest absolute Gasteiger partial charge is 4.00 e. The average molecular weight is 632 g/mol. The summed E-state index contributed by atoms with van der Waals surface area (Å²) in [4.78, 5) is 0. The van der Waals surface area contributed by atoms with Crippen LogP contribution in [-0.4, -0.2) is 37.0 Å². The fourth-order valence-corrected chi connectivity index (χ4v) is 2.14. The van der Waals surface area contributed by atoms with E-state index in [-0.39, 0.29) is 26.2 Å². The van der Waals surface area contributed by atoms with Crippen LogP contribution < -0.4 is 0 Å². The van der Waals surface area contributed by atoms with E-state index in [9.17, 15) is 26.3 Å². The molecule has 2 aromatic rings. The van der Waals surface area contributed by atoms with Crippen LogP contribution in [0.25, 0.3) is 0 Å². The summed E-state index contributed by atoms with van der Waals surface area (Å²) < 4.78 is 118. The van der Waals surface area contributed by atoms with Gasteiger partial charge in [-0.1, -0.05) is 53.4 Å². The van der Waals surface area contributed by atoms with E-state index in [1.807, 2.05) is 0 Å². The van der Waals surface area contributed by atoms with Gasteiger partial charge in [0, 0.05) is 0 Å². The van der Waals surface area contributed by atoms with Crippen LogP contribution in [-0.2, 0) is 59.3 Å². The summed E-state index contributed by atoms with van der Waals surface area (Å²) in [5.41, 5.74) is -5.55. The van der Waals surface area contributed by atoms with Crippen LogP contribution in [0, 0.1) is 13.8 Å². The number of alkyl halides is 6. The summed E-state index contributed by atoms with van der Waals surface area (Å²) >= 11 is 0. The quantitative estimate of drug-likeness (QED) is 0.192. The molecule has 0 bridgehead atoms. The van der Waals surface area contributed by atoms with Crippen molar-refractivity contribution in [1.29, 1.82) is 0 Å². The van der Waals surface area contributed by atoms with E-state index < -0.39 is 31.3 Å². The van der Waals surface area contributed by atoms with Gasteiger partial charge in [-0.05, 0) is 0 Å². The minimum Gasteiger partial charge on any atom is -0.741 e. The molecule has 2 aromatic carbocycles. The Kier molecular flexibility index (Phi) is 18.3. The van der Waals surface area contributed by atoms with Gasteiger partial charge in [-0.25, -0.2) is 29.0 Å². The molecule has 0 saturated carbocycles. The summed E-state index contributed by atoms with van der Waals surface area (Å²) in [6, 6.07) is 13.3. The molecule has 200 valence electrons. The van der Waals surface area contributed by atoms with Crippen LogP contribution in [0.5, 0.6) is 0 Å². The van der Waals surface area contributed by atoms with Crippen molar-refractivity contribution in [3.05, 3.63) is 58.7 Å². The molecule has 0 aromatic heterocycles. The molecule has 0 aliphatic carbocycles. The summed E-state index contributed by atoms with van der Waals surface area (Å²) in [5, 5.41) is 0. The van der Waals surface area contributed by atoms with Gasteiger partial charge in [-0.15, -0.1) is 0 Å². The smallest absolute Gasteiger partial charge is 0.741 e. The maximum atomic E-state index is 10.7. The van der Waals surface area contributed by atoms with E-state index in [0.29, 0.717) is 0 Å². The van der Waals surface area contributed by atoms with Gasteiger partial charge >= 0.3 is 37.2 Å². The minimum absolute atomic E-state index is 0. The van der Waals surface area contributed by atoms with Crippen LogP contribution >= 0.6 is 0 Å². The maximum Gasteiger partial charge on any atom is 4.00 e. The molecular formula is C20H26F6O6S2Zr. The molecular weight excluding hydrogens is 606 g/mol. The predicted octanol–water partition coefficient (Wildman–Crippen LogP) is 5.43. The summed E-state index contributed by atoms with van der Waals surface area (Å²) in [6.45, 7) is 8.70. The number of hydrogen-bond donors (Lipinski definition) is 0. The SMILES string of the molecule is CCCc1cc[c-](C)c1.CCCc1cc[c-](C)c1.O=S(=O)([O-])C(F)(F)F.O=S(=O)([O-])C(F)(F)F.[Zr+4]. The fraction of sp³-hybridized carbons (Fsp3) is 0.500. The first-order valence-corrected chi connectivity index (χ1v) is 12.5. The van der Waals surface area contributed by atoms with E-state index >= 15 is 0 Å². The van der Waals surface area contributed by atoms with Gasteiger partial charge in [-0.2, -0.15) is 72.9 Å². The molecule has 35 heavy (non-hydrogen) atoms. The van der Waals surface area contributed by atoms with Crippen molar-refractivity contribution < 1.29 is 78.5 Å². The van der Waals surface area contributed by atoms with Gasteiger partial charge < -0.3 is 9.11 Å². The average Bonchev–Trinajstić information content (AvgIpc) is 3.22. The molecule has 6 nitrogen and oxygen atoms in total. The third-order valence-corrected chi connectivity index (χ3v) is 4.72. The Bertz CT molecular complexity index is 955. The number of halogens is 6. The molecule has 0 heterocycles. The molecule has 0 spiro atoms. The molecule has 0 aliphatic rings. The Hall–Kier alpha value is -1.02. The molecule has 0 fully saturated rings. The minimum atomic E-state index is -6.09. The van der Waals surface area contributed by atoms with Crippen molar-refractivity contribution in [1.82, 2.24) is 0 Å². The molecule has 2 rings (SSSR count). The summed E-state index contributed by atoms with van der Waals surface area (Å²) in [5.74, 6) is 0. The van der Waals surface area contributed by atoms with Gasteiger partial charge in [0.15, 0.2) is 20.2 Å². The molecule has 0 aliphatic heterocycles. The number of aryl methyl sites for hydroxylation is 4. The van der Waals surface area contributed by atoms with E-state index in [0.717, 1.165) is 0 Å². The predicted molar refractivity (Wildman–Crippen MR) is 113 cm³/mol. The molecule has 0 atom stereocenters. The van der Waals surface area contributed by atoms with Crippen molar-refractivity contribution in [2.75, 3.05) is 0 Å². The Morgan fingerprint density at radius 2 is 0.943 bits per heavy atom. The van der Waals surface area contributed by atoms with Crippen LogP contribution in [0.3, 0.4) is 0 Å². The molecule has 0 N–H and O–H groups in total. The fourth-order valence-electron chi connectivity index (χ4n) is 2.14. The third kappa shape index (κ3) is 18.9. The van der Waals surface area contributed by atoms with Crippen LogP contribution in [0.4, 0.5) is 26.3 Å². The second-order valence-electron chi connectivity index (χ2n) is 6.89. The van der Waals surface area contributed by atoms with Gasteiger partial charge in [-0.3, -0.25) is 0 Å². The number of rotatable bonds is 4. The second-order valence-corrected chi connectivity index (χ2v) is 9.64. The Morgan fingerprint density at radius 3 is 1.06 bits per heavy atom. The third-order valence-electron chi connectivity index (χ3n) is 3.59. The topological polar surface area (TPSA) is 114 Å². The first-order chi connectivity index (χ1) is 15.2. The van der Waals surface area contributed by atoms with Crippen molar-refractivity contribution in [2.24, 2.45) is 0 Å². The van der Waals surface area contributed by atoms with Gasteiger partial charge in [0.2, 0.25) is 0 Å². The van der Waals surface area contributed by atoms with E-state index in [2.05, 4.69) is 64.1 Å².